The van der Waals surface area contributed by atoms with Gasteiger partial charge in [0.1, 0.15) is 0 Å². The van der Waals surface area contributed by atoms with Crippen molar-refractivity contribution in [3.63, 3.8) is 0 Å². The van der Waals surface area contributed by atoms with Crippen molar-refractivity contribution in [2.45, 2.75) is 13.0 Å². The number of carbonyl (C=O) groups excluding carboxylic acids is 3. The van der Waals surface area contributed by atoms with Crippen LogP contribution in [0.25, 0.3) is 0 Å². The fraction of sp³-hybridized carbons (Fsp3) is 0.286. The van der Waals surface area contributed by atoms with E-state index in [0.29, 0.717) is 23.2 Å². The average molecular weight is 365 g/mol. The van der Waals surface area contributed by atoms with Gasteiger partial charge in [-0.05, 0) is 56.9 Å². The van der Waals surface area contributed by atoms with Gasteiger partial charge in [0, 0.05) is 12.1 Å². The second-order valence-electron chi connectivity index (χ2n) is 6.86. The van der Waals surface area contributed by atoms with Crippen molar-refractivity contribution in [2.24, 2.45) is 0 Å². The van der Waals surface area contributed by atoms with Crippen molar-refractivity contribution in [1.29, 1.82) is 0 Å². The highest BCUT2D eigenvalue weighted by Crippen LogP contribution is 2.24. The van der Waals surface area contributed by atoms with Gasteiger partial charge in [0.25, 0.3) is 17.7 Å². The van der Waals surface area contributed by atoms with Gasteiger partial charge in [0.15, 0.2) is 0 Å². The molecular formula is C21H23N3O3. The van der Waals surface area contributed by atoms with Crippen molar-refractivity contribution in [3.8, 4) is 0 Å². The van der Waals surface area contributed by atoms with Crippen LogP contribution in [0.5, 0.6) is 0 Å². The Morgan fingerprint density at radius 1 is 1.00 bits per heavy atom. The van der Waals surface area contributed by atoms with Gasteiger partial charge in [-0.1, -0.05) is 24.3 Å². The zero-order chi connectivity index (χ0) is 19.4. The summed E-state index contributed by atoms with van der Waals surface area (Å²) in [6.45, 7) is 1.65. The largest absolute Gasteiger partial charge is 0.352 e. The number of amides is 3. The molecule has 0 aromatic heterocycles. The van der Waals surface area contributed by atoms with Crippen molar-refractivity contribution in [1.82, 2.24) is 15.1 Å². The first-order valence-electron chi connectivity index (χ1n) is 8.94. The summed E-state index contributed by atoms with van der Waals surface area (Å²) < 4.78 is 0. The Hall–Kier alpha value is -2.99. The number of rotatable bonds is 7. The molecule has 1 aliphatic heterocycles. The van der Waals surface area contributed by atoms with Gasteiger partial charge in [-0.2, -0.15) is 0 Å². The van der Waals surface area contributed by atoms with Gasteiger partial charge in [-0.3, -0.25) is 19.3 Å². The molecule has 3 rings (SSSR count). The van der Waals surface area contributed by atoms with E-state index in [4.69, 9.17) is 0 Å². The maximum Gasteiger partial charge on any atom is 0.261 e. The molecule has 0 radical (unpaired) electrons. The topological polar surface area (TPSA) is 69.7 Å². The molecule has 1 aliphatic rings. The fourth-order valence-corrected chi connectivity index (χ4v) is 3.08. The monoisotopic (exact) mass is 365 g/mol. The van der Waals surface area contributed by atoms with Crippen LogP contribution >= 0.6 is 0 Å². The Labute approximate surface area is 158 Å². The van der Waals surface area contributed by atoms with E-state index < -0.39 is 0 Å². The third kappa shape index (κ3) is 4.23. The summed E-state index contributed by atoms with van der Waals surface area (Å²) in [5.74, 6) is -0.749. The summed E-state index contributed by atoms with van der Waals surface area (Å²) in [7, 11) is 3.98. The van der Waals surface area contributed by atoms with Crippen LogP contribution in [0.2, 0.25) is 0 Å². The third-order valence-electron chi connectivity index (χ3n) is 4.48. The number of fused-ring (bicyclic) bond motifs is 1. The minimum atomic E-state index is -0.297. The SMILES string of the molecule is CN(C)CCCNC(=O)c1cccc(CN2C(=O)c3ccccc3C2=O)c1. The summed E-state index contributed by atoms with van der Waals surface area (Å²) in [5.41, 5.74) is 2.12. The predicted octanol–water partition coefficient (Wildman–Crippen LogP) is 2.16. The minimum Gasteiger partial charge on any atom is -0.352 e. The zero-order valence-electron chi connectivity index (χ0n) is 15.6. The standard InChI is InChI=1S/C21H23N3O3/c1-23(2)12-6-11-22-19(25)16-8-5-7-15(13-16)14-24-20(26)17-9-3-4-10-18(17)21(24)27/h3-5,7-10,13H,6,11-12,14H2,1-2H3,(H,22,25). The van der Waals surface area contributed by atoms with Crippen LogP contribution in [0, 0.1) is 0 Å². The molecule has 6 nitrogen and oxygen atoms in total. The van der Waals surface area contributed by atoms with E-state index in [1.54, 1.807) is 42.5 Å². The number of benzene rings is 2. The number of hydrogen-bond donors (Lipinski definition) is 1. The van der Waals surface area contributed by atoms with E-state index in [0.717, 1.165) is 18.5 Å². The molecule has 3 amide bonds. The molecule has 140 valence electrons. The fourth-order valence-electron chi connectivity index (χ4n) is 3.08. The summed E-state index contributed by atoms with van der Waals surface area (Å²) >= 11 is 0. The highest BCUT2D eigenvalue weighted by Gasteiger charge is 2.34. The number of imide groups is 1. The Morgan fingerprint density at radius 3 is 2.30 bits per heavy atom. The molecule has 1 N–H and O–H groups in total. The molecule has 0 saturated carbocycles. The molecule has 0 fully saturated rings. The van der Waals surface area contributed by atoms with Crippen molar-refractivity contribution in [2.75, 3.05) is 27.2 Å². The number of nitrogens with one attached hydrogen (secondary N) is 1. The molecule has 0 spiro atoms. The van der Waals surface area contributed by atoms with E-state index in [2.05, 4.69) is 10.2 Å². The van der Waals surface area contributed by atoms with Crippen molar-refractivity contribution < 1.29 is 14.4 Å². The molecule has 0 saturated heterocycles. The van der Waals surface area contributed by atoms with Gasteiger partial charge >= 0.3 is 0 Å². The molecule has 0 atom stereocenters. The number of hydrogen-bond acceptors (Lipinski definition) is 4. The van der Waals surface area contributed by atoms with E-state index in [9.17, 15) is 14.4 Å². The zero-order valence-corrected chi connectivity index (χ0v) is 15.6. The van der Waals surface area contributed by atoms with E-state index >= 15 is 0 Å². The Bertz CT molecular complexity index is 841. The molecule has 6 heteroatoms. The Kier molecular flexibility index (Phi) is 5.66. The highest BCUT2D eigenvalue weighted by atomic mass is 16.2. The van der Waals surface area contributed by atoms with E-state index in [1.165, 1.54) is 4.90 Å². The minimum absolute atomic E-state index is 0.147. The van der Waals surface area contributed by atoms with Crippen molar-refractivity contribution in [3.05, 3.63) is 70.8 Å². The number of nitrogens with zero attached hydrogens (tertiary/aromatic N) is 2. The van der Waals surface area contributed by atoms with Crippen LogP contribution in [0.15, 0.2) is 48.5 Å². The normalized spacial score (nSPS) is 13.2. The Balaban J connectivity index is 1.66. The summed E-state index contributed by atoms with van der Waals surface area (Å²) in [6.07, 6.45) is 0.869. The summed E-state index contributed by atoms with van der Waals surface area (Å²) in [5, 5.41) is 2.89. The predicted molar refractivity (Wildman–Crippen MR) is 103 cm³/mol. The maximum absolute atomic E-state index is 12.5. The lowest BCUT2D eigenvalue weighted by Gasteiger charge is -2.15. The van der Waals surface area contributed by atoms with Crippen LogP contribution in [-0.2, 0) is 6.54 Å². The smallest absolute Gasteiger partial charge is 0.261 e. The first-order chi connectivity index (χ1) is 13.0. The van der Waals surface area contributed by atoms with Crippen LogP contribution in [0.3, 0.4) is 0 Å². The quantitative estimate of drug-likeness (QED) is 0.603. The first-order valence-corrected chi connectivity index (χ1v) is 8.94. The first kappa shape index (κ1) is 18.8. The van der Waals surface area contributed by atoms with Crippen molar-refractivity contribution >= 4 is 17.7 Å². The van der Waals surface area contributed by atoms with Gasteiger partial charge in [0.2, 0.25) is 0 Å². The summed E-state index contributed by atoms with van der Waals surface area (Å²) in [6, 6.07) is 13.8. The maximum atomic E-state index is 12.5. The van der Waals surface area contributed by atoms with E-state index in [-0.39, 0.29) is 24.3 Å². The average Bonchev–Trinajstić information content (AvgIpc) is 2.90. The molecular weight excluding hydrogens is 342 g/mol. The van der Waals surface area contributed by atoms with Gasteiger partial charge < -0.3 is 10.2 Å². The van der Waals surface area contributed by atoms with Gasteiger partial charge in [-0.25, -0.2) is 0 Å². The van der Waals surface area contributed by atoms with E-state index in [1.807, 2.05) is 20.2 Å². The molecule has 1 heterocycles. The van der Waals surface area contributed by atoms with Crippen LogP contribution in [-0.4, -0.2) is 54.7 Å². The van der Waals surface area contributed by atoms with Gasteiger partial charge in [-0.15, -0.1) is 0 Å². The second kappa shape index (κ2) is 8.14. The molecule has 0 aliphatic carbocycles. The van der Waals surface area contributed by atoms with Gasteiger partial charge in [0.05, 0.1) is 17.7 Å². The van der Waals surface area contributed by atoms with Crippen LogP contribution in [0.4, 0.5) is 0 Å². The molecule has 27 heavy (non-hydrogen) atoms. The lowest BCUT2D eigenvalue weighted by molar-refractivity contribution is 0.0642. The summed E-state index contributed by atoms with van der Waals surface area (Å²) in [4.78, 5) is 40.6. The highest BCUT2D eigenvalue weighted by molar-refractivity contribution is 6.21. The lowest BCUT2D eigenvalue weighted by atomic mass is 10.1. The van der Waals surface area contributed by atoms with Crippen LogP contribution in [0.1, 0.15) is 43.1 Å². The third-order valence-corrected chi connectivity index (χ3v) is 4.48. The molecule has 0 bridgehead atoms. The van der Waals surface area contributed by atoms with Crippen LogP contribution < -0.4 is 5.32 Å². The lowest BCUT2D eigenvalue weighted by Crippen LogP contribution is -2.29. The number of carbonyl (C=O) groups is 3. The molecule has 0 unspecified atom stereocenters. The molecule has 2 aromatic carbocycles. The second-order valence-corrected chi connectivity index (χ2v) is 6.86. The Morgan fingerprint density at radius 2 is 1.67 bits per heavy atom. The molecule has 2 aromatic rings.